The van der Waals surface area contributed by atoms with Crippen molar-refractivity contribution in [2.45, 2.75) is 58.1 Å². The fraction of sp³-hybridized carbons (Fsp3) is 0.923. The number of hydrogen-bond acceptors (Lipinski definition) is 3. The summed E-state index contributed by atoms with van der Waals surface area (Å²) in [6, 6.07) is 2.45. The van der Waals surface area contributed by atoms with E-state index in [1.165, 1.54) is 0 Å². The van der Waals surface area contributed by atoms with Crippen LogP contribution in [0.1, 0.15) is 47.0 Å². The van der Waals surface area contributed by atoms with Crippen LogP contribution in [0, 0.1) is 17.2 Å². The van der Waals surface area contributed by atoms with Crippen LogP contribution in [0.3, 0.4) is 0 Å². The summed E-state index contributed by atoms with van der Waals surface area (Å²) in [5, 5.41) is 12.8. The minimum atomic E-state index is -0.455. The van der Waals surface area contributed by atoms with Crippen molar-refractivity contribution in [3.8, 4) is 6.07 Å². The van der Waals surface area contributed by atoms with E-state index in [1.807, 2.05) is 20.8 Å². The van der Waals surface area contributed by atoms with Crippen LogP contribution >= 0.6 is 0 Å². The van der Waals surface area contributed by atoms with Crippen molar-refractivity contribution in [3.05, 3.63) is 0 Å². The maximum atomic E-state index is 9.42. The molecular formula is C13H24N2O. The first-order valence-electron chi connectivity index (χ1n) is 6.24. The van der Waals surface area contributed by atoms with Crippen LogP contribution in [-0.2, 0) is 4.74 Å². The Morgan fingerprint density at radius 3 is 2.38 bits per heavy atom. The number of ether oxygens (including phenoxy) is 1. The van der Waals surface area contributed by atoms with Crippen molar-refractivity contribution in [2.75, 3.05) is 13.2 Å². The van der Waals surface area contributed by atoms with Crippen LogP contribution in [0.5, 0.6) is 0 Å². The molecule has 0 aromatic rings. The van der Waals surface area contributed by atoms with E-state index >= 15 is 0 Å². The molecule has 1 aliphatic rings. The van der Waals surface area contributed by atoms with E-state index in [1.54, 1.807) is 0 Å². The zero-order valence-electron chi connectivity index (χ0n) is 11.0. The number of rotatable bonds is 6. The zero-order valence-corrected chi connectivity index (χ0v) is 11.0. The Morgan fingerprint density at radius 1 is 1.38 bits per heavy atom. The first-order chi connectivity index (χ1) is 7.43. The Labute approximate surface area is 99.2 Å². The van der Waals surface area contributed by atoms with Gasteiger partial charge in [0.05, 0.1) is 18.3 Å². The molecule has 0 aromatic carbocycles. The minimum absolute atomic E-state index is 0.176. The third-order valence-corrected chi connectivity index (χ3v) is 2.90. The molecule has 0 aliphatic heterocycles. The molecule has 1 unspecified atom stereocenters. The first-order valence-corrected chi connectivity index (χ1v) is 6.24. The molecule has 3 heteroatoms. The smallest absolute Gasteiger partial charge is 0.133 e. The molecule has 1 aliphatic carbocycles. The molecule has 0 amide bonds. The predicted molar refractivity (Wildman–Crippen MR) is 65.1 cm³/mol. The second kappa shape index (κ2) is 5.16. The lowest BCUT2D eigenvalue weighted by Crippen LogP contribution is -2.51. The molecule has 1 fully saturated rings. The second-order valence-electron chi connectivity index (χ2n) is 5.69. The monoisotopic (exact) mass is 224 g/mol. The highest BCUT2D eigenvalue weighted by Gasteiger charge is 2.46. The van der Waals surface area contributed by atoms with E-state index in [-0.39, 0.29) is 5.60 Å². The van der Waals surface area contributed by atoms with Gasteiger partial charge in [0.15, 0.2) is 0 Å². The first kappa shape index (κ1) is 13.5. The maximum Gasteiger partial charge on any atom is 0.133 e. The van der Waals surface area contributed by atoms with E-state index in [0.29, 0.717) is 12.5 Å². The summed E-state index contributed by atoms with van der Waals surface area (Å²) in [4.78, 5) is 0. The molecule has 16 heavy (non-hydrogen) atoms. The molecule has 1 atom stereocenters. The van der Waals surface area contributed by atoms with Gasteiger partial charge in [-0.2, -0.15) is 5.26 Å². The summed E-state index contributed by atoms with van der Waals surface area (Å²) in [5.41, 5.74) is -0.631. The van der Waals surface area contributed by atoms with Gasteiger partial charge in [-0.05, 0) is 52.5 Å². The molecule has 3 nitrogen and oxygen atoms in total. The third-order valence-electron chi connectivity index (χ3n) is 2.90. The Hall–Kier alpha value is -0.590. The Balaban J connectivity index is 2.59. The highest BCUT2D eigenvalue weighted by Crippen LogP contribution is 2.40. The topological polar surface area (TPSA) is 45.0 Å². The molecule has 92 valence electrons. The predicted octanol–water partition coefficient (Wildman–Crippen LogP) is 2.47. The largest absolute Gasteiger partial charge is 0.373 e. The highest BCUT2D eigenvalue weighted by atomic mass is 16.5. The van der Waals surface area contributed by atoms with Gasteiger partial charge in [-0.1, -0.05) is 6.92 Å². The summed E-state index contributed by atoms with van der Waals surface area (Å²) in [6.45, 7) is 9.59. The van der Waals surface area contributed by atoms with Crippen LogP contribution in [0.15, 0.2) is 0 Å². The van der Waals surface area contributed by atoms with Crippen LogP contribution in [0.4, 0.5) is 0 Å². The average Bonchev–Trinajstić information content (AvgIpc) is 3.02. The molecule has 0 saturated heterocycles. The van der Waals surface area contributed by atoms with Gasteiger partial charge in [0, 0.05) is 0 Å². The minimum Gasteiger partial charge on any atom is -0.373 e. The van der Waals surface area contributed by atoms with Crippen LogP contribution < -0.4 is 5.32 Å². The fourth-order valence-corrected chi connectivity index (χ4v) is 1.73. The summed E-state index contributed by atoms with van der Waals surface area (Å²) < 4.78 is 5.80. The van der Waals surface area contributed by atoms with Crippen molar-refractivity contribution < 1.29 is 4.74 Å². The lowest BCUT2D eigenvalue weighted by atomic mass is 9.95. The summed E-state index contributed by atoms with van der Waals surface area (Å²) in [6.07, 6.45) is 3.35. The molecule has 0 spiro atoms. The van der Waals surface area contributed by atoms with Gasteiger partial charge in [0.25, 0.3) is 0 Å². The van der Waals surface area contributed by atoms with Crippen molar-refractivity contribution in [2.24, 2.45) is 5.92 Å². The van der Waals surface area contributed by atoms with Gasteiger partial charge >= 0.3 is 0 Å². The number of nitrogens with zero attached hydrogens (tertiary/aromatic N) is 1. The van der Waals surface area contributed by atoms with Gasteiger partial charge in [-0.3, -0.25) is 5.32 Å². The van der Waals surface area contributed by atoms with E-state index in [4.69, 9.17) is 4.74 Å². The highest BCUT2D eigenvalue weighted by molar-refractivity contribution is 5.15. The number of nitrogens with one attached hydrogen (secondary N) is 1. The van der Waals surface area contributed by atoms with E-state index in [0.717, 1.165) is 25.8 Å². The van der Waals surface area contributed by atoms with Crippen molar-refractivity contribution >= 4 is 0 Å². The molecular weight excluding hydrogens is 200 g/mol. The lowest BCUT2D eigenvalue weighted by Gasteiger charge is -2.31. The Morgan fingerprint density at radius 2 is 2.00 bits per heavy atom. The fourth-order valence-electron chi connectivity index (χ4n) is 1.73. The molecule has 0 heterocycles. The third kappa shape index (κ3) is 3.77. The van der Waals surface area contributed by atoms with Crippen LogP contribution in [0.25, 0.3) is 0 Å². The van der Waals surface area contributed by atoms with Crippen molar-refractivity contribution in [1.29, 1.82) is 5.26 Å². The van der Waals surface area contributed by atoms with Gasteiger partial charge in [0.1, 0.15) is 5.54 Å². The molecule has 0 radical (unpaired) electrons. The van der Waals surface area contributed by atoms with Gasteiger partial charge in [-0.25, -0.2) is 0 Å². The quantitative estimate of drug-likeness (QED) is 0.754. The van der Waals surface area contributed by atoms with E-state index in [2.05, 4.69) is 18.3 Å². The Kier molecular flexibility index (Phi) is 4.35. The lowest BCUT2D eigenvalue weighted by molar-refractivity contribution is -0.0301. The van der Waals surface area contributed by atoms with Crippen molar-refractivity contribution in [3.63, 3.8) is 0 Å². The maximum absolute atomic E-state index is 9.42. The van der Waals surface area contributed by atoms with Crippen LogP contribution in [0.2, 0.25) is 0 Å². The Bertz CT molecular complexity index is 260. The second-order valence-corrected chi connectivity index (χ2v) is 5.69. The van der Waals surface area contributed by atoms with Crippen LogP contribution in [-0.4, -0.2) is 24.3 Å². The summed E-state index contributed by atoms with van der Waals surface area (Å²) >= 11 is 0. The van der Waals surface area contributed by atoms with Gasteiger partial charge in [-0.15, -0.1) is 0 Å². The SMILES string of the molecule is CCCNC(C#N)(COC(C)(C)C)C1CC1. The average molecular weight is 224 g/mol. The van der Waals surface area contributed by atoms with Gasteiger partial charge < -0.3 is 4.74 Å². The number of hydrogen-bond donors (Lipinski definition) is 1. The van der Waals surface area contributed by atoms with E-state index in [9.17, 15) is 5.26 Å². The molecule has 1 rings (SSSR count). The zero-order chi connectivity index (χ0) is 12.2. The molecule has 1 saturated carbocycles. The van der Waals surface area contributed by atoms with Gasteiger partial charge in [0.2, 0.25) is 0 Å². The van der Waals surface area contributed by atoms with Crippen molar-refractivity contribution in [1.82, 2.24) is 5.32 Å². The summed E-state index contributed by atoms with van der Waals surface area (Å²) in [7, 11) is 0. The summed E-state index contributed by atoms with van der Waals surface area (Å²) in [5.74, 6) is 0.478. The molecule has 1 N–H and O–H groups in total. The standard InChI is InChI=1S/C13H24N2O/c1-5-8-15-13(9-14,11-6-7-11)10-16-12(2,3)4/h11,15H,5-8,10H2,1-4H3. The number of nitriles is 1. The van der Waals surface area contributed by atoms with E-state index < -0.39 is 5.54 Å². The molecule has 0 aromatic heterocycles. The molecule has 0 bridgehead atoms. The normalized spacial score (nSPS) is 20.2.